The van der Waals surface area contributed by atoms with Gasteiger partial charge >= 0.3 is 0 Å². The average molecular weight is 849 g/mol. The Hall–Kier alpha value is -2.58. The fraction of sp³-hybridized carbons (Fsp3) is 0.250. The fourth-order valence-corrected chi connectivity index (χ4v) is 8.50. The van der Waals surface area contributed by atoms with Gasteiger partial charge in [0.15, 0.2) is 0 Å². The molecule has 7 nitrogen and oxygen atoms in total. The van der Waals surface area contributed by atoms with Crippen molar-refractivity contribution in [3.8, 4) is 5.75 Å². The van der Waals surface area contributed by atoms with Crippen LogP contribution in [-0.4, -0.2) is 28.7 Å². The fourth-order valence-electron chi connectivity index (χ4n) is 7.40. The molecule has 6 atom stereocenters. The molecular weight excluding hydrogens is 826 g/mol. The van der Waals surface area contributed by atoms with Crippen molar-refractivity contribution >= 4 is 96.1 Å². The van der Waals surface area contributed by atoms with Crippen molar-refractivity contribution in [3.63, 3.8) is 0 Å². The molecule has 3 aromatic carbocycles. The Kier molecular flexibility index (Phi) is 7.08. The number of carbonyl (C=O) groups excluding carboxylic acids is 4. The molecular formula is C32H23BrI2N2O5. The van der Waals surface area contributed by atoms with E-state index in [1.807, 2.05) is 30.3 Å². The van der Waals surface area contributed by atoms with Crippen LogP contribution in [-0.2, 0) is 19.2 Å². The molecule has 10 heteroatoms. The van der Waals surface area contributed by atoms with Crippen molar-refractivity contribution < 1.29 is 24.3 Å². The van der Waals surface area contributed by atoms with Gasteiger partial charge in [-0.2, -0.15) is 0 Å². The smallest absolute Gasteiger partial charge is 0.238 e. The lowest BCUT2D eigenvalue weighted by Crippen LogP contribution is -2.43. The largest absolute Gasteiger partial charge is 0.508 e. The van der Waals surface area contributed by atoms with Gasteiger partial charge in [0.2, 0.25) is 23.6 Å². The summed E-state index contributed by atoms with van der Waals surface area (Å²) in [7, 11) is 0. The molecule has 2 saturated heterocycles. The Balaban J connectivity index is 1.35. The minimum Gasteiger partial charge on any atom is -0.508 e. The second-order valence-electron chi connectivity index (χ2n) is 11.2. The van der Waals surface area contributed by atoms with Crippen LogP contribution in [0.25, 0.3) is 0 Å². The van der Waals surface area contributed by atoms with Crippen molar-refractivity contribution in [2.75, 3.05) is 9.80 Å². The van der Waals surface area contributed by atoms with E-state index in [-0.39, 0.29) is 35.8 Å². The van der Waals surface area contributed by atoms with Crippen molar-refractivity contribution in [2.24, 2.45) is 29.6 Å². The van der Waals surface area contributed by atoms with Crippen LogP contribution in [0.4, 0.5) is 11.4 Å². The molecule has 3 fully saturated rings. The summed E-state index contributed by atoms with van der Waals surface area (Å²) in [6.07, 6.45) is 2.63. The number of benzene rings is 3. The molecule has 0 radical (unpaired) electrons. The first kappa shape index (κ1) is 28.2. The van der Waals surface area contributed by atoms with E-state index in [0.29, 0.717) is 23.4 Å². The van der Waals surface area contributed by atoms with Crippen molar-refractivity contribution in [3.05, 3.63) is 95.6 Å². The molecule has 0 spiro atoms. The number of fused-ring (bicyclic) bond motifs is 4. The highest BCUT2D eigenvalue weighted by Gasteiger charge is 2.62. The molecule has 2 aliphatic carbocycles. The Morgan fingerprint density at radius 2 is 1.24 bits per heavy atom. The molecule has 212 valence electrons. The quantitative estimate of drug-likeness (QED) is 0.187. The van der Waals surface area contributed by atoms with Crippen LogP contribution < -0.4 is 9.80 Å². The van der Waals surface area contributed by atoms with E-state index in [1.165, 1.54) is 9.80 Å². The molecule has 7 rings (SSSR count). The number of allylic oxidation sites excluding steroid dienone is 2. The van der Waals surface area contributed by atoms with Crippen LogP contribution >= 0.6 is 61.1 Å². The number of anilines is 2. The summed E-state index contributed by atoms with van der Waals surface area (Å²) in [5.41, 5.74) is 2.42. The summed E-state index contributed by atoms with van der Waals surface area (Å²) in [4.78, 5) is 58.5. The third-order valence-electron chi connectivity index (χ3n) is 9.14. The highest BCUT2D eigenvalue weighted by Crippen LogP contribution is 2.59. The van der Waals surface area contributed by atoms with Gasteiger partial charge in [0, 0.05) is 23.1 Å². The maximum absolute atomic E-state index is 14.2. The van der Waals surface area contributed by atoms with Gasteiger partial charge in [-0.3, -0.25) is 29.0 Å². The zero-order valence-electron chi connectivity index (χ0n) is 21.9. The van der Waals surface area contributed by atoms with E-state index >= 15 is 0 Å². The van der Waals surface area contributed by atoms with Gasteiger partial charge in [0.25, 0.3) is 0 Å². The lowest BCUT2D eigenvalue weighted by atomic mass is 9.57. The van der Waals surface area contributed by atoms with E-state index in [9.17, 15) is 24.3 Å². The number of phenolic OH excluding ortho intramolecular Hbond substituents is 1. The van der Waals surface area contributed by atoms with E-state index in [2.05, 4.69) is 61.1 Å². The van der Waals surface area contributed by atoms with Crippen LogP contribution in [0.1, 0.15) is 24.3 Å². The first-order chi connectivity index (χ1) is 20.2. The van der Waals surface area contributed by atoms with Crippen LogP contribution in [0.2, 0.25) is 0 Å². The Bertz CT molecular complexity index is 1710. The third-order valence-corrected chi connectivity index (χ3v) is 11.1. The Morgan fingerprint density at radius 1 is 0.690 bits per heavy atom. The first-order valence-electron chi connectivity index (χ1n) is 13.6. The summed E-state index contributed by atoms with van der Waals surface area (Å²) >= 11 is 7.86. The van der Waals surface area contributed by atoms with Gasteiger partial charge in [-0.15, -0.1) is 0 Å². The number of nitrogens with zero attached hydrogens (tertiary/aromatic N) is 2. The number of rotatable bonds is 3. The number of aromatic hydroxyl groups is 1. The van der Waals surface area contributed by atoms with Gasteiger partial charge in [0.1, 0.15) is 5.75 Å². The highest BCUT2D eigenvalue weighted by molar-refractivity contribution is 14.1. The number of imide groups is 2. The molecule has 0 bridgehead atoms. The van der Waals surface area contributed by atoms with Gasteiger partial charge < -0.3 is 5.11 Å². The van der Waals surface area contributed by atoms with Crippen LogP contribution in [0.15, 0.2) is 82.9 Å². The number of amides is 4. The molecule has 0 aromatic heterocycles. The van der Waals surface area contributed by atoms with Gasteiger partial charge in [-0.1, -0.05) is 27.6 Å². The normalized spacial score (nSPS) is 28.5. The zero-order valence-corrected chi connectivity index (χ0v) is 27.8. The Morgan fingerprint density at radius 3 is 1.83 bits per heavy atom. The standard InChI is InChI=1S/C32H23BrI2N2O5/c33-15-1-12-25(38)23(13-15)26-20-10-11-21-27(31(41)36(29(21)39)18-6-2-16(34)3-7-18)22(20)14-24-28(26)32(42)37(30(24)40)19-8-4-17(35)5-9-19/h1-10,12-13,21-22,24,26-28,38H,11,14H2/t21-,22+,24+,26+,27-,28+/m0/s1. The van der Waals surface area contributed by atoms with Gasteiger partial charge in [0.05, 0.1) is 35.0 Å². The Labute approximate surface area is 277 Å². The van der Waals surface area contributed by atoms with E-state index < -0.39 is 35.5 Å². The second kappa shape index (κ2) is 10.5. The highest BCUT2D eigenvalue weighted by atomic mass is 127. The third kappa shape index (κ3) is 4.30. The SMILES string of the molecule is O=C1[C@H]2[C@H](CC=C3[C@H]2C[C@H]2C(=O)N(c4ccc(I)cc4)C(=O)[C@H]2[C@H]3c2cc(Br)ccc2O)C(=O)N1c1ccc(I)cc1. The predicted molar refractivity (Wildman–Crippen MR) is 177 cm³/mol. The molecule has 2 heterocycles. The molecule has 3 aromatic rings. The van der Waals surface area contributed by atoms with Crippen LogP contribution in [0.5, 0.6) is 5.75 Å². The van der Waals surface area contributed by atoms with Gasteiger partial charge in [-0.05, 0) is 131 Å². The molecule has 1 saturated carbocycles. The molecule has 42 heavy (non-hydrogen) atoms. The minimum atomic E-state index is -0.740. The molecule has 4 amide bonds. The number of carbonyl (C=O) groups is 4. The van der Waals surface area contributed by atoms with E-state index in [1.54, 1.807) is 42.5 Å². The average Bonchev–Trinajstić information content (AvgIpc) is 3.38. The lowest BCUT2D eigenvalue weighted by Gasteiger charge is -2.44. The van der Waals surface area contributed by atoms with Crippen LogP contribution in [0.3, 0.4) is 0 Å². The van der Waals surface area contributed by atoms with Crippen molar-refractivity contribution in [1.29, 1.82) is 0 Å². The molecule has 4 aliphatic rings. The number of hydrogen-bond donors (Lipinski definition) is 1. The molecule has 0 unspecified atom stereocenters. The zero-order chi connectivity index (χ0) is 29.4. The van der Waals surface area contributed by atoms with Crippen LogP contribution in [0, 0.1) is 36.7 Å². The number of halogens is 3. The van der Waals surface area contributed by atoms with E-state index in [4.69, 9.17) is 0 Å². The van der Waals surface area contributed by atoms with Crippen molar-refractivity contribution in [2.45, 2.75) is 18.8 Å². The number of hydrogen-bond acceptors (Lipinski definition) is 5. The summed E-state index contributed by atoms with van der Waals surface area (Å²) in [5, 5.41) is 11.1. The van der Waals surface area contributed by atoms with E-state index in [0.717, 1.165) is 17.2 Å². The minimum absolute atomic E-state index is 0.0212. The number of phenols is 1. The second-order valence-corrected chi connectivity index (χ2v) is 14.6. The monoisotopic (exact) mass is 848 g/mol. The summed E-state index contributed by atoms with van der Waals surface area (Å²) in [6, 6.07) is 19.6. The molecule has 2 aliphatic heterocycles. The summed E-state index contributed by atoms with van der Waals surface area (Å²) < 4.78 is 2.70. The summed E-state index contributed by atoms with van der Waals surface area (Å²) in [5.74, 6) is -4.78. The maximum Gasteiger partial charge on any atom is 0.238 e. The van der Waals surface area contributed by atoms with Crippen molar-refractivity contribution in [1.82, 2.24) is 0 Å². The van der Waals surface area contributed by atoms with Gasteiger partial charge in [-0.25, -0.2) is 0 Å². The predicted octanol–water partition coefficient (Wildman–Crippen LogP) is 6.41. The first-order valence-corrected chi connectivity index (χ1v) is 16.6. The maximum atomic E-state index is 14.2. The molecule has 1 N–H and O–H groups in total. The lowest BCUT2D eigenvalue weighted by molar-refractivity contribution is -0.126. The topological polar surface area (TPSA) is 95.0 Å². The summed E-state index contributed by atoms with van der Waals surface area (Å²) in [6.45, 7) is 0.